The Balaban J connectivity index is 4.86. The molecule has 2 nitrogen and oxygen atoms in total. The Kier molecular flexibility index (Phi) is 5.04. The van der Waals surface area contributed by atoms with Gasteiger partial charge in [-0.25, -0.2) is 4.79 Å². The molecule has 0 aromatic carbocycles. The fourth-order valence-electron chi connectivity index (χ4n) is 0.336. The van der Waals surface area contributed by atoms with E-state index >= 15 is 0 Å². The van der Waals surface area contributed by atoms with Crippen molar-refractivity contribution in [2.45, 2.75) is 4.33 Å². The number of methoxy groups -OCH3 is 1. The third-order valence-corrected chi connectivity index (χ3v) is 2.81. The average molecular weight is 272 g/mol. The van der Waals surface area contributed by atoms with E-state index in [-0.39, 0.29) is 9.52 Å². The van der Waals surface area contributed by atoms with Crippen molar-refractivity contribution in [3.8, 4) is 0 Å². The monoisotopic (exact) mass is 270 g/mol. The van der Waals surface area contributed by atoms with E-state index in [2.05, 4.69) is 4.74 Å². The molecule has 0 aliphatic heterocycles. The standard InChI is InChI=1S/C5H3Cl5O2/c1-12-4(11)5(9,10)2(6)3(7)8/h1H3. The molecule has 0 unspecified atom stereocenters. The third kappa shape index (κ3) is 2.86. The molecule has 7 heteroatoms. The number of ether oxygens (including phenoxy) is 1. The number of halogens is 5. The molecule has 0 aromatic heterocycles. The molecule has 0 spiro atoms. The van der Waals surface area contributed by atoms with E-state index in [0.29, 0.717) is 0 Å². The van der Waals surface area contributed by atoms with Crippen LogP contribution in [0.4, 0.5) is 0 Å². The number of alkyl halides is 2. The summed E-state index contributed by atoms with van der Waals surface area (Å²) >= 11 is 26.9. The van der Waals surface area contributed by atoms with Gasteiger partial charge < -0.3 is 4.74 Å². The molecule has 0 saturated carbocycles. The molecule has 0 N–H and O–H groups in total. The van der Waals surface area contributed by atoms with Gasteiger partial charge in [0.05, 0.1) is 12.1 Å². The van der Waals surface area contributed by atoms with E-state index in [9.17, 15) is 4.79 Å². The Morgan fingerprint density at radius 3 is 1.92 bits per heavy atom. The molecule has 12 heavy (non-hydrogen) atoms. The summed E-state index contributed by atoms with van der Waals surface area (Å²) in [6.45, 7) is 0. The van der Waals surface area contributed by atoms with Crippen molar-refractivity contribution in [3.63, 3.8) is 0 Å². The van der Waals surface area contributed by atoms with Crippen LogP contribution in [0, 0.1) is 0 Å². The van der Waals surface area contributed by atoms with Crippen LogP contribution in [-0.2, 0) is 9.53 Å². The van der Waals surface area contributed by atoms with Crippen molar-refractivity contribution in [1.29, 1.82) is 0 Å². The lowest BCUT2D eigenvalue weighted by molar-refractivity contribution is -0.140. The minimum atomic E-state index is -2.05. The fraction of sp³-hybridized carbons (Fsp3) is 0.400. The van der Waals surface area contributed by atoms with Gasteiger partial charge in [0.1, 0.15) is 4.49 Å². The Hall–Kier alpha value is 0.660. The summed E-state index contributed by atoms with van der Waals surface area (Å²) in [5, 5.41) is -0.388. The maximum atomic E-state index is 10.9. The van der Waals surface area contributed by atoms with Crippen LogP contribution in [0.3, 0.4) is 0 Å². The zero-order valence-electron chi connectivity index (χ0n) is 5.71. The van der Waals surface area contributed by atoms with Crippen molar-refractivity contribution in [1.82, 2.24) is 0 Å². The summed E-state index contributed by atoms with van der Waals surface area (Å²) in [7, 11) is 1.11. The van der Waals surface area contributed by atoms with E-state index in [4.69, 9.17) is 58.0 Å². The van der Waals surface area contributed by atoms with E-state index in [1.165, 1.54) is 0 Å². The van der Waals surface area contributed by atoms with E-state index in [1.54, 1.807) is 0 Å². The lowest BCUT2D eigenvalue weighted by Gasteiger charge is -2.15. The number of carbonyl (C=O) groups is 1. The van der Waals surface area contributed by atoms with Crippen molar-refractivity contribution in [2.24, 2.45) is 0 Å². The Morgan fingerprint density at radius 1 is 1.25 bits per heavy atom. The van der Waals surface area contributed by atoms with Crippen LogP contribution < -0.4 is 0 Å². The van der Waals surface area contributed by atoms with Gasteiger partial charge in [0.15, 0.2) is 0 Å². The van der Waals surface area contributed by atoms with Gasteiger partial charge in [-0.2, -0.15) is 0 Å². The maximum Gasteiger partial charge on any atom is 0.348 e. The minimum Gasteiger partial charge on any atom is -0.467 e. The van der Waals surface area contributed by atoms with Gasteiger partial charge in [0, 0.05) is 0 Å². The lowest BCUT2D eigenvalue weighted by atomic mass is 10.4. The first-order valence-corrected chi connectivity index (χ1v) is 4.40. The summed E-state index contributed by atoms with van der Waals surface area (Å²) in [5.41, 5.74) is 0. The molecule has 0 aromatic rings. The highest BCUT2D eigenvalue weighted by atomic mass is 35.5. The van der Waals surface area contributed by atoms with Gasteiger partial charge in [0.25, 0.3) is 4.33 Å². The van der Waals surface area contributed by atoms with Crippen molar-refractivity contribution < 1.29 is 9.53 Å². The highest BCUT2D eigenvalue weighted by Crippen LogP contribution is 2.38. The first-order chi connectivity index (χ1) is 5.34. The molecular formula is C5H3Cl5O2. The number of rotatable bonds is 2. The second-order valence-corrected chi connectivity index (χ2v) is 4.30. The second kappa shape index (κ2) is 4.77. The van der Waals surface area contributed by atoms with Crippen molar-refractivity contribution in [3.05, 3.63) is 9.52 Å². The molecule has 0 bridgehead atoms. The molecule has 0 fully saturated rings. The van der Waals surface area contributed by atoms with Gasteiger partial charge >= 0.3 is 5.97 Å². The number of carbonyl (C=O) groups excluding carboxylic acids is 1. The van der Waals surface area contributed by atoms with Crippen LogP contribution in [0.15, 0.2) is 9.52 Å². The molecule has 0 rings (SSSR count). The van der Waals surface area contributed by atoms with Crippen molar-refractivity contribution >= 4 is 64.0 Å². The van der Waals surface area contributed by atoms with Crippen LogP contribution in [0.25, 0.3) is 0 Å². The molecule has 0 amide bonds. The molecule has 0 aliphatic rings. The van der Waals surface area contributed by atoms with Gasteiger partial charge in [-0.1, -0.05) is 58.0 Å². The molecule has 0 radical (unpaired) electrons. The van der Waals surface area contributed by atoms with Gasteiger partial charge in [-0.15, -0.1) is 0 Å². The Morgan fingerprint density at radius 2 is 1.67 bits per heavy atom. The Labute approximate surface area is 94.3 Å². The number of esters is 1. The Bertz CT molecular complexity index is 218. The van der Waals surface area contributed by atoms with Crippen LogP contribution >= 0.6 is 58.0 Å². The summed E-state index contributed by atoms with van der Waals surface area (Å²) in [6, 6.07) is 0. The SMILES string of the molecule is COC(=O)C(Cl)(Cl)C(Cl)=C(Cl)Cl. The molecule has 70 valence electrons. The van der Waals surface area contributed by atoms with Gasteiger partial charge in [-0.05, 0) is 0 Å². The first kappa shape index (κ1) is 12.7. The number of hydrogen-bond donors (Lipinski definition) is 0. The van der Waals surface area contributed by atoms with Crippen LogP contribution in [0.5, 0.6) is 0 Å². The molecule has 0 aliphatic carbocycles. The zero-order valence-corrected chi connectivity index (χ0v) is 9.49. The predicted molar refractivity (Wildman–Crippen MR) is 51.0 cm³/mol. The smallest absolute Gasteiger partial charge is 0.348 e. The molecular weight excluding hydrogens is 269 g/mol. The summed E-state index contributed by atoms with van der Waals surface area (Å²) in [6.07, 6.45) is 0. The predicted octanol–water partition coefficient (Wildman–Crippen LogP) is 3.22. The van der Waals surface area contributed by atoms with Crippen LogP contribution in [0.1, 0.15) is 0 Å². The highest BCUT2D eigenvalue weighted by Gasteiger charge is 2.40. The third-order valence-electron chi connectivity index (χ3n) is 0.883. The lowest BCUT2D eigenvalue weighted by Crippen LogP contribution is -2.28. The van der Waals surface area contributed by atoms with E-state index < -0.39 is 10.3 Å². The quantitative estimate of drug-likeness (QED) is 0.570. The topological polar surface area (TPSA) is 26.3 Å². The van der Waals surface area contributed by atoms with Crippen molar-refractivity contribution in [2.75, 3.05) is 7.11 Å². The maximum absolute atomic E-state index is 10.9. The zero-order chi connectivity index (χ0) is 9.94. The molecule has 0 atom stereocenters. The minimum absolute atomic E-state index is 0.382. The van der Waals surface area contributed by atoms with E-state index in [1.807, 2.05) is 0 Å². The second-order valence-electron chi connectivity index (χ2n) is 1.64. The summed E-state index contributed by atoms with van der Waals surface area (Å²) in [5.74, 6) is -0.949. The first-order valence-electron chi connectivity index (χ1n) is 2.51. The normalized spacial score (nSPS) is 10.8. The molecule has 0 saturated heterocycles. The van der Waals surface area contributed by atoms with E-state index in [0.717, 1.165) is 7.11 Å². The van der Waals surface area contributed by atoms with Gasteiger partial charge in [0.2, 0.25) is 0 Å². The molecule has 0 heterocycles. The largest absolute Gasteiger partial charge is 0.467 e. The fourth-order valence-corrected chi connectivity index (χ4v) is 1.23. The number of hydrogen-bond acceptors (Lipinski definition) is 2. The van der Waals surface area contributed by atoms with Crippen LogP contribution in [0.2, 0.25) is 0 Å². The van der Waals surface area contributed by atoms with Gasteiger partial charge in [-0.3, -0.25) is 0 Å². The van der Waals surface area contributed by atoms with Crippen LogP contribution in [-0.4, -0.2) is 17.4 Å². The highest BCUT2D eigenvalue weighted by molar-refractivity contribution is 6.68. The summed E-state index contributed by atoms with van der Waals surface area (Å²) < 4.78 is 1.82. The summed E-state index contributed by atoms with van der Waals surface area (Å²) in [4.78, 5) is 10.9. The average Bonchev–Trinajstić information content (AvgIpc) is 2.01.